The predicted octanol–water partition coefficient (Wildman–Crippen LogP) is 1.07. The number of amides is 1. The molecule has 29 heavy (non-hydrogen) atoms. The van der Waals surface area contributed by atoms with E-state index in [1.807, 2.05) is 19.2 Å². The molecular weight excluding hydrogens is 370 g/mol. The van der Waals surface area contributed by atoms with Crippen LogP contribution in [0.2, 0.25) is 0 Å². The van der Waals surface area contributed by atoms with Crippen LogP contribution in [-0.4, -0.2) is 64.3 Å². The summed E-state index contributed by atoms with van der Waals surface area (Å²) in [6, 6.07) is 1.84. The van der Waals surface area contributed by atoms with Gasteiger partial charge in [0.25, 0.3) is 11.5 Å². The molecule has 0 aliphatic carbocycles. The van der Waals surface area contributed by atoms with Crippen LogP contribution in [0.4, 0.5) is 0 Å². The molecule has 0 bridgehead atoms. The van der Waals surface area contributed by atoms with E-state index in [9.17, 15) is 9.59 Å². The lowest BCUT2D eigenvalue weighted by molar-refractivity contribution is 0.0362. The maximum Gasteiger partial charge on any atom is 0.263 e. The molecule has 1 aliphatic rings. The van der Waals surface area contributed by atoms with E-state index >= 15 is 0 Å². The van der Waals surface area contributed by atoms with Gasteiger partial charge in [-0.1, -0.05) is 6.92 Å². The summed E-state index contributed by atoms with van der Waals surface area (Å²) in [7, 11) is 0. The molecule has 3 heterocycles. The van der Waals surface area contributed by atoms with Crippen molar-refractivity contribution in [3.63, 3.8) is 0 Å². The van der Waals surface area contributed by atoms with Crippen molar-refractivity contribution in [1.29, 1.82) is 0 Å². The lowest BCUT2D eigenvalue weighted by atomic mass is 10.1. The number of pyridine rings is 1. The van der Waals surface area contributed by atoms with Gasteiger partial charge in [0.2, 0.25) is 0 Å². The minimum atomic E-state index is -0.297. The lowest BCUT2D eigenvalue weighted by Crippen LogP contribution is -2.40. The highest BCUT2D eigenvalue weighted by atomic mass is 16.5. The first-order chi connectivity index (χ1) is 14.1. The maximum absolute atomic E-state index is 12.9. The Morgan fingerprint density at radius 3 is 2.72 bits per heavy atom. The van der Waals surface area contributed by atoms with Gasteiger partial charge in [-0.05, 0) is 25.0 Å². The lowest BCUT2D eigenvalue weighted by Gasteiger charge is -2.26. The molecule has 0 spiro atoms. The molecule has 158 valence electrons. The summed E-state index contributed by atoms with van der Waals surface area (Å²) in [5, 5.41) is 2.90. The molecule has 1 N–H and O–H groups in total. The zero-order valence-corrected chi connectivity index (χ0v) is 17.4. The normalized spacial score (nSPS) is 14.8. The number of imidazole rings is 1. The first-order valence-electron chi connectivity index (χ1n) is 10.4. The number of hydrogen-bond donors (Lipinski definition) is 1. The molecule has 8 nitrogen and oxygen atoms in total. The average molecular weight is 402 g/mol. The quantitative estimate of drug-likeness (QED) is 0.636. The summed E-state index contributed by atoms with van der Waals surface area (Å²) in [5.41, 5.74) is 0.725. The molecule has 1 aliphatic heterocycles. The standard InChI is InChI=1S/C21H31N5O3/c1-3-18-22-7-10-25(18)8-4-6-23-20(27)19-17(2)5-9-26(21(19)28)12-11-24-13-15-29-16-14-24/h5,7,9-10H,3-4,6,8,11-16H2,1-2H3,(H,23,27). The molecule has 3 rings (SSSR count). The Kier molecular flexibility index (Phi) is 7.60. The minimum absolute atomic E-state index is 0.223. The molecule has 8 heteroatoms. The van der Waals surface area contributed by atoms with E-state index in [2.05, 4.69) is 26.7 Å². The fraction of sp³-hybridized carbons (Fsp3) is 0.571. The Bertz CT molecular complexity index is 867. The third-order valence-corrected chi connectivity index (χ3v) is 5.34. The van der Waals surface area contributed by atoms with Crippen molar-refractivity contribution in [2.75, 3.05) is 39.4 Å². The number of nitrogens with one attached hydrogen (secondary N) is 1. The third-order valence-electron chi connectivity index (χ3n) is 5.34. The zero-order valence-electron chi connectivity index (χ0n) is 17.4. The van der Waals surface area contributed by atoms with Gasteiger partial charge in [0, 0.05) is 64.3 Å². The van der Waals surface area contributed by atoms with Gasteiger partial charge in [-0.2, -0.15) is 0 Å². The van der Waals surface area contributed by atoms with Gasteiger partial charge in [0.05, 0.1) is 13.2 Å². The van der Waals surface area contributed by atoms with Crippen molar-refractivity contribution in [1.82, 2.24) is 24.3 Å². The Balaban J connectivity index is 1.55. The summed E-state index contributed by atoms with van der Waals surface area (Å²) in [4.78, 5) is 32.1. The van der Waals surface area contributed by atoms with Crippen LogP contribution in [0.3, 0.4) is 0 Å². The average Bonchev–Trinajstić information content (AvgIpc) is 3.19. The molecular formula is C21H31N5O3. The SMILES string of the molecule is CCc1nccn1CCCNC(=O)c1c(C)ccn(CCN2CCOCC2)c1=O. The van der Waals surface area contributed by atoms with Crippen molar-refractivity contribution in [3.8, 4) is 0 Å². The smallest absolute Gasteiger partial charge is 0.263 e. The zero-order chi connectivity index (χ0) is 20.6. The highest BCUT2D eigenvalue weighted by Crippen LogP contribution is 2.04. The van der Waals surface area contributed by atoms with Gasteiger partial charge >= 0.3 is 0 Å². The van der Waals surface area contributed by atoms with Crippen LogP contribution < -0.4 is 10.9 Å². The Hall–Kier alpha value is -2.45. The highest BCUT2D eigenvalue weighted by Gasteiger charge is 2.16. The number of nitrogens with zero attached hydrogens (tertiary/aromatic N) is 4. The second kappa shape index (κ2) is 10.4. The van der Waals surface area contributed by atoms with Crippen LogP contribution in [0.15, 0.2) is 29.5 Å². The molecule has 1 saturated heterocycles. The van der Waals surface area contributed by atoms with Gasteiger partial charge in [-0.3, -0.25) is 14.5 Å². The predicted molar refractivity (Wildman–Crippen MR) is 111 cm³/mol. The van der Waals surface area contributed by atoms with Crippen LogP contribution in [-0.2, 0) is 24.2 Å². The Morgan fingerprint density at radius 1 is 1.17 bits per heavy atom. The van der Waals surface area contributed by atoms with Crippen LogP contribution in [0.25, 0.3) is 0 Å². The molecule has 2 aromatic heterocycles. The summed E-state index contributed by atoms with van der Waals surface area (Å²) in [6.07, 6.45) is 7.19. The van der Waals surface area contributed by atoms with Crippen LogP contribution in [0.5, 0.6) is 0 Å². The topological polar surface area (TPSA) is 81.4 Å². The molecule has 2 aromatic rings. The summed E-state index contributed by atoms with van der Waals surface area (Å²) in [6.45, 7) is 9.75. The number of carbonyl (C=O) groups is 1. The van der Waals surface area contributed by atoms with Gasteiger partial charge in [-0.15, -0.1) is 0 Å². The fourth-order valence-corrected chi connectivity index (χ4v) is 3.59. The van der Waals surface area contributed by atoms with Crippen LogP contribution in [0, 0.1) is 6.92 Å². The molecule has 0 aromatic carbocycles. The van der Waals surface area contributed by atoms with E-state index in [4.69, 9.17) is 4.74 Å². The Labute approximate surface area is 171 Å². The minimum Gasteiger partial charge on any atom is -0.379 e. The Morgan fingerprint density at radius 2 is 1.97 bits per heavy atom. The van der Waals surface area contributed by atoms with E-state index in [0.717, 1.165) is 58.1 Å². The molecule has 0 unspecified atom stereocenters. The second-order valence-electron chi connectivity index (χ2n) is 7.33. The van der Waals surface area contributed by atoms with E-state index in [1.54, 1.807) is 17.0 Å². The van der Waals surface area contributed by atoms with E-state index in [1.165, 1.54) is 0 Å². The molecule has 1 amide bonds. The van der Waals surface area contributed by atoms with E-state index in [-0.39, 0.29) is 17.0 Å². The summed E-state index contributed by atoms with van der Waals surface area (Å²) in [5.74, 6) is 0.743. The highest BCUT2D eigenvalue weighted by molar-refractivity contribution is 5.95. The summed E-state index contributed by atoms with van der Waals surface area (Å²) < 4.78 is 9.09. The first-order valence-corrected chi connectivity index (χ1v) is 10.4. The van der Waals surface area contributed by atoms with Gasteiger partial charge in [0.1, 0.15) is 11.4 Å². The van der Waals surface area contributed by atoms with Gasteiger partial charge in [0.15, 0.2) is 0 Å². The first kappa shape index (κ1) is 21.3. The number of ether oxygens (including phenoxy) is 1. The number of morpholine rings is 1. The van der Waals surface area contributed by atoms with Gasteiger partial charge < -0.3 is 19.2 Å². The van der Waals surface area contributed by atoms with Crippen molar-refractivity contribution >= 4 is 5.91 Å². The monoisotopic (exact) mass is 401 g/mol. The third kappa shape index (κ3) is 5.55. The molecule has 0 atom stereocenters. The van der Waals surface area contributed by atoms with E-state index < -0.39 is 0 Å². The van der Waals surface area contributed by atoms with E-state index in [0.29, 0.717) is 18.7 Å². The van der Waals surface area contributed by atoms with Gasteiger partial charge in [-0.25, -0.2) is 4.98 Å². The van der Waals surface area contributed by atoms with Crippen molar-refractivity contribution in [3.05, 3.63) is 52.0 Å². The van der Waals surface area contributed by atoms with Crippen LogP contribution >= 0.6 is 0 Å². The number of rotatable bonds is 9. The van der Waals surface area contributed by atoms with Crippen molar-refractivity contribution in [2.24, 2.45) is 0 Å². The second-order valence-corrected chi connectivity index (χ2v) is 7.33. The molecule has 0 saturated carbocycles. The fourth-order valence-electron chi connectivity index (χ4n) is 3.59. The molecule has 0 radical (unpaired) electrons. The number of aromatic nitrogens is 3. The van der Waals surface area contributed by atoms with Crippen molar-refractivity contribution in [2.45, 2.75) is 39.8 Å². The largest absolute Gasteiger partial charge is 0.379 e. The summed E-state index contributed by atoms with van der Waals surface area (Å²) >= 11 is 0. The number of aryl methyl sites for hydroxylation is 3. The van der Waals surface area contributed by atoms with Crippen molar-refractivity contribution < 1.29 is 9.53 Å². The number of carbonyl (C=O) groups excluding carboxylic acids is 1. The maximum atomic E-state index is 12.9. The number of hydrogen-bond acceptors (Lipinski definition) is 5. The molecule has 1 fully saturated rings. The van der Waals surface area contributed by atoms with Crippen LogP contribution in [0.1, 0.15) is 35.1 Å².